The molecule has 0 unspecified atom stereocenters. The molecule has 0 radical (unpaired) electrons. The lowest BCUT2D eigenvalue weighted by Crippen LogP contribution is -2.13. The molecule has 3 rings (SSSR count). The molecule has 3 aromatic rings. The molecule has 0 amide bonds. The van der Waals surface area contributed by atoms with E-state index >= 15 is 0 Å². The Bertz CT molecular complexity index is 840. The molecule has 7 nitrogen and oxygen atoms in total. The molecule has 0 bridgehead atoms. The molecular formula is C19H22N6O. The second-order valence-corrected chi connectivity index (χ2v) is 5.63. The third-order valence-corrected chi connectivity index (χ3v) is 3.76. The molecule has 1 aromatic heterocycles. The first-order chi connectivity index (χ1) is 12.8. The number of rotatable bonds is 8. The smallest absolute Gasteiger partial charge is 0.231 e. The maximum atomic E-state index is 5.52. The highest BCUT2D eigenvalue weighted by Gasteiger charge is 2.05. The van der Waals surface area contributed by atoms with E-state index in [0.717, 1.165) is 24.4 Å². The van der Waals surface area contributed by atoms with Crippen LogP contribution in [0.2, 0.25) is 0 Å². The van der Waals surface area contributed by atoms with Crippen molar-refractivity contribution >= 4 is 23.3 Å². The molecule has 1 heterocycles. The zero-order valence-corrected chi connectivity index (χ0v) is 14.6. The van der Waals surface area contributed by atoms with Crippen LogP contribution in [0.5, 0.6) is 5.75 Å². The van der Waals surface area contributed by atoms with E-state index in [1.165, 1.54) is 5.56 Å². The fourth-order valence-corrected chi connectivity index (χ4v) is 2.48. The summed E-state index contributed by atoms with van der Waals surface area (Å²) in [7, 11) is 1.67. The molecule has 7 heteroatoms. The molecule has 0 aliphatic heterocycles. The van der Waals surface area contributed by atoms with Crippen LogP contribution >= 0.6 is 0 Å². The van der Waals surface area contributed by atoms with E-state index in [-0.39, 0.29) is 0 Å². The molecule has 0 aliphatic carbocycles. The number of nitrogens with one attached hydrogen (secondary N) is 3. The first kappa shape index (κ1) is 17.5. The van der Waals surface area contributed by atoms with Gasteiger partial charge in [-0.1, -0.05) is 30.3 Å². The number of nitrogen functional groups attached to an aromatic ring is 1. The van der Waals surface area contributed by atoms with Crippen LogP contribution in [-0.2, 0) is 6.42 Å². The minimum absolute atomic E-state index is 0.468. The third kappa shape index (κ3) is 4.84. The van der Waals surface area contributed by atoms with Crippen LogP contribution in [0.3, 0.4) is 0 Å². The van der Waals surface area contributed by atoms with E-state index in [1.807, 2.05) is 48.5 Å². The van der Waals surface area contributed by atoms with Crippen molar-refractivity contribution in [1.82, 2.24) is 9.97 Å². The summed E-state index contributed by atoms with van der Waals surface area (Å²) in [5.74, 6) is 8.07. The van der Waals surface area contributed by atoms with Crippen molar-refractivity contribution < 1.29 is 4.74 Å². The minimum atomic E-state index is 0.468. The topological polar surface area (TPSA) is 97.1 Å². The molecule has 0 fully saturated rings. The lowest BCUT2D eigenvalue weighted by Gasteiger charge is -2.11. The number of hydrogen-bond donors (Lipinski definition) is 4. The third-order valence-electron chi connectivity index (χ3n) is 3.76. The summed E-state index contributed by atoms with van der Waals surface area (Å²) < 4.78 is 5.25. The van der Waals surface area contributed by atoms with Gasteiger partial charge >= 0.3 is 0 Å². The molecule has 0 atom stereocenters. The van der Waals surface area contributed by atoms with Crippen molar-refractivity contribution in [1.29, 1.82) is 0 Å². The summed E-state index contributed by atoms with van der Waals surface area (Å²) in [5, 5.41) is 6.47. The molecule has 134 valence electrons. The fraction of sp³-hybridized carbons (Fsp3) is 0.158. The van der Waals surface area contributed by atoms with E-state index in [9.17, 15) is 0 Å². The molecule has 5 N–H and O–H groups in total. The Hall–Kier alpha value is -3.32. The predicted molar refractivity (Wildman–Crippen MR) is 105 cm³/mol. The van der Waals surface area contributed by atoms with Gasteiger partial charge in [0.1, 0.15) is 17.4 Å². The molecule has 0 saturated heterocycles. The summed E-state index contributed by atoms with van der Waals surface area (Å²) in [6, 6.07) is 19.5. The Morgan fingerprint density at radius 2 is 1.77 bits per heavy atom. The van der Waals surface area contributed by atoms with Gasteiger partial charge in [0, 0.05) is 18.3 Å². The van der Waals surface area contributed by atoms with Gasteiger partial charge < -0.3 is 20.8 Å². The summed E-state index contributed by atoms with van der Waals surface area (Å²) in [4.78, 5) is 8.81. The van der Waals surface area contributed by atoms with Gasteiger partial charge in [-0.2, -0.15) is 9.97 Å². The Kier molecular flexibility index (Phi) is 5.84. The number of para-hydroxylation sites is 1. The van der Waals surface area contributed by atoms with Crippen LogP contribution in [0, 0.1) is 0 Å². The number of ether oxygens (including phenoxy) is 1. The van der Waals surface area contributed by atoms with Gasteiger partial charge in [0.05, 0.1) is 7.11 Å². The minimum Gasteiger partial charge on any atom is -0.497 e. The van der Waals surface area contributed by atoms with Crippen molar-refractivity contribution in [3.8, 4) is 5.75 Å². The van der Waals surface area contributed by atoms with Gasteiger partial charge in [0.15, 0.2) is 0 Å². The van der Waals surface area contributed by atoms with Gasteiger partial charge in [0.25, 0.3) is 0 Å². The van der Waals surface area contributed by atoms with E-state index in [0.29, 0.717) is 17.6 Å². The number of nitrogens with two attached hydrogens (primary N) is 1. The Morgan fingerprint density at radius 3 is 2.54 bits per heavy atom. The highest BCUT2D eigenvalue weighted by Crippen LogP contribution is 2.18. The number of nitrogens with zero attached hydrogens (tertiary/aromatic N) is 2. The summed E-state index contributed by atoms with van der Waals surface area (Å²) in [5.41, 5.74) is 4.66. The first-order valence-electron chi connectivity index (χ1n) is 8.31. The highest BCUT2D eigenvalue weighted by molar-refractivity contribution is 5.58. The van der Waals surface area contributed by atoms with Crippen LogP contribution in [-0.4, -0.2) is 23.6 Å². The van der Waals surface area contributed by atoms with Crippen LogP contribution in [0.1, 0.15) is 5.56 Å². The monoisotopic (exact) mass is 350 g/mol. The average molecular weight is 350 g/mol. The number of aromatic nitrogens is 2. The van der Waals surface area contributed by atoms with E-state index in [4.69, 9.17) is 10.6 Å². The number of benzene rings is 2. The largest absolute Gasteiger partial charge is 0.497 e. The Labute approximate surface area is 152 Å². The second kappa shape index (κ2) is 8.68. The summed E-state index contributed by atoms with van der Waals surface area (Å²) in [6.07, 6.45) is 0.841. The van der Waals surface area contributed by atoms with Crippen molar-refractivity contribution in [2.75, 3.05) is 29.7 Å². The maximum absolute atomic E-state index is 5.52. The highest BCUT2D eigenvalue weighted by atomic mass is 16.5. The molecule has 26 heavy (non-hydrogen) atoms. The molecule has 0 spiro atoms. The van der Waals surface area contributed by atoms with Crippen molar-refractivity contribution in [2.45, 2.75) is 6.42 Å². The maximum Gasteiger partial charge on any atom is 0.231 e. The number of methoxy groups -OCH3 is 1. The van der Waals surface area contributed by atoms with Crippen LogP contribution in [0.4, 0.5) is 23.3 Å². The summed E-state index contributed by atoms with van der Waals surface area (Å²) >= 11 is 0. The second-order valence-electron chi connectivity index (χ2n) is 5.63. The average Bonchev–Trinajstić information content (AvgIpc) is 2.69. The molecular weight excluding hydrogens is 328 g/mol. The number of hydrazine groups is 1. The van der Waals surface area contributed by atoms with Crippen LogP contribution < -0.4 is 26.6 Å². The normalized spacial score (nSPS) is 10.2. The van der Waals surface area contributed by atoms with Gasteiger partial charge in [-0.15, -0.1) is 0 Å². The zero-order valence-electron chi connectivity index (χ0n) is 14.6. The molecule has 0 aliphatic rings. The number of hydrogen-bond acceptors (Lipinski definition) is 7. The summed E-state index contributed by atoms with van der Waals surface area (Å²) in [6.45, 7) is 0.721. The van der Waals surface area contributed by atoms with E-state index in [2.05, 4.69) is 32.1 Å². The molecule has 2 aromatic carbocycles. The predicted octanol–water partition coefficient (Wildman–Crippen LogP) is 3.17. The zero-order chi connectivity index (χ0) is 18.2. The number of anilines is 4. The Morgan fingerprint density at radius 1 is 0.962 bits per heavy atom. The van der Waals surface area contributed by atoms with Gasteiger partial charge in [-0.3, -0.25) is 0 Å². The quantitative estimate of drug-likeness (QED) is 0.366. The van der Waals surface area contributed by atoms with Crippen LogP contribution in [0.25, 0.3) is 0 Å². The fourth-order valence-electron chi connectivity index (χ4n) is 2.48. The van der Waals surface area contributed by atoms with Gasteiger partial charge in [-0.05, 0) is 36.2 Å². The van der Waals surface area contributed by atoms with Gasteiger partial charge in [0.2, 0.25) is 5.95 Å². The lowest BCUT2D eigenvalue weighted by molar-refractivity contribution is 0.414. The van der Waals surface area contributed by atoms with Crippen molar-refractivity contribution in [3.63, 3.8) is 0 Å². The SMILES string of the molecule is COc1cccc(CCNc2cc(NN)nc(Nc3ccccc3)n2)c1. The van der Waals surface area contributed by atoms with Crippen molar-refractivity contribution in [2.24, 2.45) is 5.84 Å². The molecule has 0 saturated carbocycles. The van der Waals surface area contributed by atoms with E-state index in [1.54, 1.807) is 13.2 Å². The van der Waals surface area contributed by atoms with Gasteiger partial charge in [-0.25, -0.2) is 5.84 Å². The van der Waals surface area contributed by atoms with Crippen molar-refractivity contribution in [3.05, 3.63) is 66.2 Å². The lowest BCUT2D eigenvalue weighted by atomic mass is 10.1. The standard InChI is InChI=1S/C19H22N6O/c1-26-16-9-5-6-14(12-16)10-11-21-17-13-18(25-20)24-19(23-17)22-15-7-3-2-4-8-15/h2-9,12-13H,10-11,20H2,1H3,(H3,21,22,23,24,25). The first-order valence-corrected chi connectivity index (χ1v) is 8.31. The Balaban J connectivity index is 1.66. The van der Waals surface area contributed by atoms with E-state index < -0.39 is 0 Å². The van der Waals surface area contributed by atoms with Crippen LogP contribution in [0.15, 0.2) is 60.7 Å².